The predicted octanol–water partition coefficient (Wildman–Crippen LogP) is 5.33. The first-order valence-electron chi connectivity index (χ1n) is 9.96. The Bertz CT molecular complexity index is 1400. The number of hydrogen-bond donors (Lipinski definition) is 1. The lowest BCUT2D eigenvalue weighted by Gasteiger charge is -2.25. The van der Waals surface area contributed by atoms with Crippen molar-refractivity contribution >= 4 is 45.6 Å². The molecule has 0 radical (unpaired) electrons. The Hall–Kier alpha value is -3.62. The van der Waals surface area contributed by atoms with E-state index < -0.39 is 23.5 Å². The molecule has 166 valence electrons. The summed E-state index contributed by atoms with van der Waals surface area (Å²) < 4.78 is 11.1. The summed E-state index contributed by atoms with van der Waals surface area (Å²) in [4.78, 5) is 33.0. The summed E-state index contributed by atoms with van der Waals surface area (Å²) in [6.45, 7) is 0.180. The molecule has 4 heterocycles. The van der Waals surface area contributed by atoms with Crippen LogP contribution in [0.2, 0.25) is 5.02 Å². The number of Topliss-reactive ketones (excluding diaryl/α,β-unsaturated/α-hetero) is 1. The van der Waals surface area contributed by atoms with Gasteiger partial charge in [-0.3, -0.25) is 14.6 Å². The van der Waals surface area contributed by atoms with Crippen LogP contribution in [-0.2, 0) is 11.3 Å². The van der Waals surface area contributed by atoms with Crippen molar-refractivity contribution < 1.29 is 23.8 Å². The van der Waals surface area contributed by atoms with Crippen LogP contribution in [0.1, 0.15) is 27.0 Å². The molecule has 0 aliphatic carbocycles. The van der Waals surface area contributed by atoms with E-state index in [9.17, 15) is 14.7 Å². The van der Waals surface area contributed by atoms with Gasteiger partial charge in [-0.1, -0.05) is 23.7 Å². The summed E-state index contributed by atoms with van der Waals surface area (Å²) >= 11 is 7.53. The molecule has 1 atom stereocenters. The molecule has 1 N–H and O–H groups in total. The van der Waals surface area contributed by atoms with Crippen molar-refractivity contribution in [3.05, 3.63) is 92.8 Å². The number of methoxy groups -OCH3 is 1. The number of aliphatic hydroxyl groups excluding tert-OH is 1. The number of carbonyl (C=O) groups excluding carboxylic acids is 2. The van der Waals surface area contributed by atoms with E-state index in [1.807, 2.05) is 23.6 Å². The number of benzene rings is 1. The van der Waals surface area contributed by atoms with Gasteiger partial charge in [0.15, 0.2) is 22.9 Å². The number of rotatable bonds is 6. The van der Waals surface area contributed by atoms with E-state index in [2.05, 4.69) is 4.98 Å². The molecule has 1 aliphatic heterocycles. The Morgan fingerprint density at radius 1 is 1.30 bits per heavy atom. The monoisotopic (exact) mass is 480 g/mol. The number of furan rings is 1. The van der Waals surface area contributed by atoms with E-state index in [0.29, 0.717) is 21.7 Å². The molecule has 1 aromatic carbocycles. The quantitative estimate of drug-likeness (QED) is 0.375. The van der Waals surface area contributed by atoms with Crippen molar-refractivity contribution in [1.82, 2.24) is 9.88 Å². The topological polar surface area (TPSA) is 92.9 Å². The molecule has 0 fully saturated rings. The zero-order valence-electron chi connectivity index (χ0n) is 17.3. The first kappa shape index (κ1) is 21.2. The maximum atomic E-state index is 13.6. The molecule has 1 aliphatic rings. The minimum absolute atomic E-state index is 0.0234. The number of ether oxygens (including phenoxy) is 1. The number of thiophene rings is 1. The molecule has 0 saturated carbocycles. The minimum atomic E-state index is -0.760. The lowest BCUT2D eigenvalue weighted by atomic mass is 10.00. The third-order valence-electron chi connectivity index (χ3n) is 5.43. The molecule has 1 unspecified atom stereocenters. The average molecular weight is 481 g/mol. The SMILES string of the molecule is COc1cc(Cl)cc2cc(C(=O)C3=C(O)C(=O)N(Cc4cccnc4)C3c3cccs3)oc12. The summed E-state index contributed by atoms with van der Waals surface area (Å²) in [5.74, 6) is -1.44. The fraction of sp³-hybridized carbons (Fsp3) is 0.125. The van der Waals surface area contributed by atoms with Crippen LogP contribution in [0.25, 0.3) is 11.0 Å². The van der Waals surface area contributed by atoms with Crippen molar-refractivity contribution in [1.29, 1.82) is 0 Å². The number of hydrogen-bond acceptors (Lipinski definition) is 7. The van der Waals surface area contributed by atoms with Gasteiger partial charge in [0.05, 0.1) is 12.7 Å². The standard InChI is InChI=1S/C24H17ClN2O5S/c1-31-17-10-15(25)8-14-9-16(32-23(14)17)21(28)19-20(18-5-3-7-33-18)27(24(30)22(19)29)12-13-4-2-6-26-11-13/h2-11,20,29H,12H2,1H3. The van der Waals surface area contributed by atoms with Crippen LogP contribution in [-0.4, -0.2) is 33.8 Å². The fourth-order valence-corrected chi connectivity index (χ4v) is 5.02. The van der Waals surface area contributed by atoms with Crippen LogP contribution in [0, 0.1) is 0 Å². The summed E-state index contributed by atoms with van der Waals surface area (Å²) in [6.07, 6.45) is 3.28. The Morgan fingerprint density at radius 2 is 2.15 bits per heavy atom. The Labute approximate surface area is 197 Å². The Kier molecular flexibility index (Phi) is 5.39. The first-order chi connectivity index (χ1) is 16.0. The zero-order valence-corrected chi connectivity index (χ0v) is 18.9. The van der Waals surface area contributed by atoms with Gasteiger partial charge in [-0.2, -0.15) is 0 Å². The number of amides is 1. The van der Waals surface area contributed by atoms with Crippen LogP contribution < -0.4 is 4.74 Å². The highest BCUT2D eigenvalue weighted by molar-refractivity contribution is 7.10. The normalized spacial score (nSPS) is 16.1. The van der Waals surface area contributed by atoms with E-state index >= 15 is 0 Å². The second-order valence-corrected chi connectivity index (χ2v) is 8.86. The molecule has 0 saturated heterocycles. The maximum Gasteiger partial charge on any atom is 0.290 e. The molecule has 7 nitrogen and oxygen atoms in total. The molecular formula is C24H17ClN2O5S. The summed E-state index contributed by atoms with van der Waals surface area (Å²) in [5, 5.41) is 13.7. The number of carbonyl (C=O) groups is 2. The lowest BCUT2D eigenvalue weighted by Crippen LogP contribution is -2.30. The van der Waals surface area contributed by atoms with E-state index in [1.54, 1.807) is 30.6 Å². The van der Waals surface area contributed by atoms with Gasteiger partial charge in [-0.15, -0.1) is 11.3 Å². The van der Waals surface area contributed by atoms with E-state index in [-0.39, 0.29) is 17.9 Å². The van der Waals surface area contributed by atoms with Crippen LogP contribution >= 0.6 is 22.9 Å². The maximum absolute atomic E-state index is 13.6. The van der Waals surface area contributed by atoms with Gasteiger partial charge in [0.25, 0.3) is 5.91 Å². The molecule has 5 rings (SSSR count). The summed E-state index contributed by atoms with van der Waals surface area (Å²) in [5.41, 5.74) is 1.10. The van der Waals surface area contributed by atoms with Crippen LogP contribution in [0.5, 0.6) is 5.75 Å². The number of pyridine rings is 1. The smallest absolute Gasteiger partial charge is 0.290 e. The molecule has 0 spiro atoms. The molecule has 33 heavy (non-hydrogen) atoms. The summed E-state index contributed by atoms with van der Waals surface area (Å²) in [6, 6.07) is 11.3. The largest absolute Gasteiger partial charge is 0.503 e. The molecule has 3 aromatic heterocycles. The van der Waals surface area contributed by atoms with Crippen molar-refractivity contribution in [2.75, 3.05) is 7.11 Å². The highest BCUT2D eigenvalue weighted by atomic mass is 35.5. The van der Waals surface area contributed by atoms with Crippen LogP contribution in [0.3, 0.4) is 0 Å². The predicted molar refractivity (Wildman–Crippen MR) is 124 cm³/mol. The van der Waals surface area contributed by atoms with Gasteiger partial charge in [0, 0.05) is 40.3 Å². The van der Waals surface area contributed by atoms with Gasteiger partial charge < -0.3 is 19.2 Å². The van der Waals surface area contributed by atoms with Gasteiger partial charge in [0.2, 0.25) is 5.78 Å². The van der Waals surface area contributed by atoms with Crippen molar-refractivity contribution in [3.8, 4) is 5.75 Å². The van der Waals surface area contributed by atoms with E-state index in [1.165, 1.54) is 29.4 Å². The van der Waals surface area contributed by atoms with Crippen molar-refractivity contribution in [2.24, 2.45) is 0 Å². The summed E-state index contributed by atoms with van der Waals surface area (Å²) in [7, 11) is 1.47. The lowest BCUT2D eigenvalue weighted by molar-refractivity contribution is -0.130. The second kappa shape index (κ2) is 8.38. The third-order valence-corrected chi connectivity index (χ3v) is 6.57. The van der Waals surface area contributed by atoms with E-state index in [0.717, 1.165) is 10.4 Å². The van der Waals surface area contributed by atoms with E-state index in [4.69, 9.17) is 20.8 Å². The average Bonchev–Trinajstić information content (AvgIpc) is 3.54. The van der Waals surface area contributed by atoms with Crippen molar-refractivity contribution in [2.45, 2.75) is 12.6 Å². The molecular weight excluding hydrogens is 464 g/mol. The van der Waals surface area contributed by atoms with Crippen molar-refractivity contribution in [3.63, 3.8) is 0 Å². The third kappa shape index (κ3) is 3.67. The van der Waals surface area contributed by atoms with Gasteiger partial charge in [-0.25, -0.2) is 0 Å². The number of halogens is 1. The molecule has 4 aromatic rings. The number of aliphatic hydroxyl groups is 1. The second-order valence-electron chi connectivity index (χ2n) is 7.44. The molecule has 0 bridgehead atoms. The number of nitrogens with zero attached hydrogens (tertiary/aromatic N) is 2. The molecule has 1 amide bonds. The fourth-order valence-electron chi connectivity index (χ4n) is 3.96. The van der Waals surface area contributed by atoms with Gasteiger partial charge in [0.1, 0.15) is 6.04 Å². The molecule has 9 heteroatoms. The number of aromatic nitrogens is 1. The van der Waals surface area contributed by atoms with Gasteiger partial charge in [-0.05, 0) is 35.2 Å². The van der Waals surface area contributed by atoms with Crippen LogP contribution in [0.4, 0.5) is 0 Å². The minimum Gasteiger partial charge on any atom is -0.503 e. The Balaban J connectivity index is 1.59. The zero-order chi connectivity index (χ0) is 23.1. The Morgan fingerprint density at radius 3 is 2.85 bits per heavy atom. The highest BCUT2D eigenvalue weighted by Gasteiger charge is 2.45. The van der Waals surface area contributed by atoms with Gasteiger partial charge >= 0.3 is 0 Å². The highest BCUT2D eigenvalue weighted by Crippen LogP contribution is 2.42. The van der Waals surface area contributed by atoms with Crippen LogP contribution in [0.15, 0.2) is 76.0 Å². The number of ketones is 1. The number of fused-ring (bicyclic) bond motifs is 1. The first-order valence-corrected chi connectivity index (χ1v) is 11.2.